The Morgan fingerprint density at radius 2 is 2.00 bits per heavy atom. The van der Waals surface area contributed by atoms with Crippen molar-refractivity contribution in [2.45, 2.75) is 52.1 Å². The van der Waals surface area contributed by atoms with Gasteiger partial charge in [-0.1, -0.05) is 50.5 Å². The van der Waals surface area contributed by atoms with Crippen molar-refractivity contribution in [1.82, 2.24) is 4.98 Å². The molecule has 0 fully saturated rings. The average Bonchev–Trinajstić information content (AvgIpc) is 2.35. The molecule has 0 aliphatic heterocycles. The Bertz CT molecular complexity index is 343. The molecule has 1 aromatic heterocycles. The average molecular weight is 247 g/mol. The molecule has 17 heavy (non-hydrogen) atoms. The number of rotatable bonds is 7. The molecule has 0 saturated heterocycles. The number of unbranched alkanes of at least 4 members (excludes halogenated alkanes) is 3. The van der Waals surface area contributed by atoms with E-state index in [9.17, 15) is 0 Å². The first-order valence-electron chi connectivity index (χ1n) is 6.68. The molecule has 0 radical (unpaired) electrons. The lowest BCUT2D eigenvalue weighted by Crippen LogP contribution is -2.45. The van der Waals surface area contributed by atoms with E-state index in [-0.39, 0.29) is 0 Å². The Morgan fingerprint density at radius 3 is 2.59 bits per heavy atom. The summed E-state index contributed by atoms with van der Waals surface area (Å²) in [6, 6.07) is 6.23. The van der Waals surface area contributed by atoms with Gasteiger partial charge in [0.25, 0.3) is 0 Å². The smallest absolute Gasteiger partial charge is 0.130 e. The predicted octanol–water partition coefficient (Wildman–Crippen LogP) is 4.06. The van der Waals surface area contributed by atoms with E-state index in [1.165, 1.54) is 42.6 Å². The van der Waals surface area contributed by atoms with Crippen molar-refractivity contribution < 1.29 is 0 Å². The highest BCUT2D eigenvalue weighted by Gasteiger charge is 2.27. The minimum absolute atomic E-state index is 1.18. The van der Waals surface area contributed by atoms with Crippen LogP contribution >= 0.6 is 0 Å². The molecule has 0 aliphatic carbocycles. The lowest BCUT2D eigenvalue weighted by atomic mass is 10.1. The first-order valence-corrected chi connectivity index (χ1v) is 9.68. The predicted molar refractivity (Wildman–Crippen MR) is 79.3 cm³/mol. The number of hydrogen-bond donors (Lipinski definition) is 0. The summed E-state index contributed by atoms with van der Waals surface area (Å²) < 4.78 is 0. The third-order valence-corrected chi connectivity index (χ3v) is 7.12. The topological polar surface area (TPSA) is 12.9 Å². The zero-order chi connectivity index (χ0) is 12.7. The fraction of sp³-hybridized carbons (Fsp3) is 0.533. The molecule has 1 rings (SSSR count). The second-order valence-electron chi connectivity index (χ2n) is 5.25. The Kier molecular flexibility index (Phi) is 5.62. The van der Waals surface area contributed by atoms with Crippen LogP contribution in [-0.2, 0) is 0 Å². The van der Waals surface area contributed by atoms with Crippen LogP contribution in [0.15, 0.2) is 36.2 Å². The standard InChI is InChI=1S/C15H25NSi/c1-5-6-7-8-11-14(2)17(3,4)15-12-9-10-13-16-15/h9-10,12-13H,2,5-8,11H2,1,3-4H3. The molecule has 0 aromatic carbocycles. The maximum atomic E-state index is 4.52. The zero-order valence-electron chi connectivity index (χ0n) is 11.5. The molecule has 94 valence electrons. The van der Waals surface area contributed by atoms with E-state index in [1.54, 1.807) is 0 Å². The molecule has 2 heteroatoms. The minimum Gasteiger partial charge on any atom is -0.266 e. The Hall–Kier alpha value is -0.893. The van der Waals surface area contributed by atoms with Gasteiger partial charge >= 0.3 is 0 Å². The highest BCUT2D eigenvalue weighted by atomic mass is 28.3. The summed E-state index contributed by atoms with van der Waals surface area (Å²) in [6.45, 7) is 11.3. The molecule has 1 aromatic rings. The lowest BCUT2D eigenvalue weighted by molar-refractivity contribution is 0.671. The molecule has 0 atom stereocenters. The van der Waals surface area contributed by atoms with Gasteiger partial charge in [0.05, 0.1) is 0 Å². The van der Waals surface area contributed by atoms with Crippen LogP contribution in [0.4, 0.5) is 0 Å². The van der Waals surface area contributed by atoms with Gasteiger partial charge in [-0.05, 0) is 25.0 Å². The number of aromatic nitrogens is 1. The summed E-state index contributed by atoms with van der Waals surface area (Å²) >= 11 is 0. The van der Waals surface area contributed by atoms with Gasteiger partial charge in [0.2, 0.25) is 0 Å². The fourth-order valence-corrected chi connectivity index (χ4v) is 4.07. The molecular formula is C15H25NSi. The quantitative estimate of drug-likeness (QED) is 0.523. The van der Waals surface area contributed by atoms with E-state index in [2.05, 4.69) is 43.7 Å². The van der Waals surface area contributed by atoms with Crippen molar-refractivity contribution in [2.75, 3.05) is 0 Å². The van der Waals surface area contributed by atoms with Crippen LogP contribution in [0.3, 0.4) is 0 Å². The maximum Gasteiger partial charge on any atom is 0.130 e. The van der Waals surface area contributed by atoms with E-state index < -0.39 is 8.07 Å². The fourth-order valence-electron chi connectivity index (χ4n) is 1.99. The van der Waals surface area contributed by atoms with Gasteiger partial charge in [-0.15, -0.1) is 6.58 Å². The molecule has 1 heterocycles. The summed E-state index contributed by atoms with van der Waals surface area (Å²) in [6.07, 6.45) is 8.34. The molecule has 1 nitrogen and oxygen atoms in total. The summed E-state index contributed by atoms with van der Waals surface area (Å²) in [5.41, 5.74) is 0. The molecule has 0 aliphatic rings. The van der Waals surface area contributed by atoms with Crippen LogP contribution in [0, 0.1) is 0 Å². The number of hydrogen-bond acceptors (Lipinski definition) is 1. The summed E-state index contributed by atoms with van der Waals surface area (Å²) in [4.78, 5) is 4.52. The van der Waals surface area contributed by atoms with Gasteiger partial charge in [-0.2, -0.15) is 0 Å². The molecule has 0 bridgehead atoms. The van der Waals surface area contributed by atoms with Crippen molar-refractivity contribution in [1.29, 1.82) is 0 Å². The molecule has 0 spiro atoms. The third-order valence-electron chi connectivity index (χ3n) is 3.52. The largest absolute Gasteiger partial charge is 0.266 e. The van der Waals surface area contributed by atoms with Gasteiger partial charge in [-0.25, -0.2) is 0 Å². The van der Waals surface area contributed by atoms with E-state index >= 15 is 0 Å². The highest BCUT2D eigenvalue weighted by Crippen LogP contribution is 2.19. The van der Waals surface area contributed by atoms with Crippen molar-refractivity contribution in [3.63, 3.8) is 0 Å². The number of nitrogens with zero attached hydrogens (tertiary/aromatic N) is 1. The van der Waals surface area contributed by atoms with Crippen molar-refractivity contribution >= 4 is 13.4 Å². The third kappa shape index (κ3) is 4.12. The summed E-state index contributed by atoms with van der Waals surface area (Å²) in [5, 5.41) is 2.70. The van der Waals surface area contributed by atoms with Crippen LogP contribution < -0.4 is 5.32 Å². The van der Waals surface area contributed by atoms with Gasteiger partial charge in [0, 0.05) is 11.5 Å². The Balaban J connectivity index is 2.55. The molecule has 0 N–H and O–H groups in total. The first kappa shape index (κ1) is 14.2. The Labute approximate surface area is 107 Å². The molecular weight excluding hydrogens is 222 g/mol. The lowest BCUT2D eigenvalue weighted by Gasteiger charge is -2.24. The van der Waals surface area contributed by atoms with Crippen LogP contribution in [-0.4, -0.2) is 13.1 Å². The normalized spacial score (nSPS) is 11.5. The summed E-state index contributed by atoms with van der Waals surface area (Å²) in [5.74, 6) is 0. The van der Waals surface area contributed by atoms with Crippen LogP contribution in [0.25, 0.3) is 0 Å². The SMILES string of the molecule is C=C(CCCCCC)[Si](C)(C)c1ccccn1. The molecule has 0 saturated carbocycles. The van der Waals surface area contributed by atoms with Crippen molar-refractivity contribution in [2.24, 2.45) is 0 Å². The second-order valence-corrected chi connectivity index (χ2v) is 9.72. The van der Waals surface area contributed by atoms with Crippen LogP contribution in [0.5, 0.6) is 0 Å². The minimum atomic E-state index is -1.55. The molecule has 0 amide bonds. The van der Waals surface area contributed by atoms with Crippen LogP contribution in [0.2, 0.25) is 13.1 Å². The van der Waals surface area contributed by atoms with Gasteiger partial charge < -0.3 is 0 Å². The van der Waals surface area contributed by atoms with Crippen LogP contribution in [0.1, 0.15) is 39.0 Å². The van der Waals surface area contributed by atoms with E-state index in [1.807, 2.05) is 12.3 Å². The van der Waals surface area contributed by atoms with E-state index in [4.69, 9.17) is 0 Å². The zero-order valence-corrected chi connectivity index (χ0v) is 12.5. The second kappa shape index (κ2) is 6.75. The Morgan fingerprint density at radius 1 is 1.24 bits per heavy atom. The molecule has 0 unspecified atom stereocenters. The van der Waals surface area contributed by atoms with E-state index in [0.717, 1.165) is 0 Å². The van der Waals surface area contributed by atoms with Crippen molar-refractivity contribution in [3.8, 4) is 0 Å². The number of allylic oxidation sites excluding steroid dienone is 1. The maximum absolute atomic E-state index is 4.52. The number of pyridine rings is 1. The first-order chi connectivity index (χ1) is 8.09. The van der Waals surface area contributed by atoms with Gasteiger partial charge in [0.15, 0.2) is 0 Å². The highest BCUT2D eigenvalue weighted by molar-refractivity contribution is 6.95. The summed E-state index contributed by atoms with van der Waals surface area (Å²) in [7, 11) is -1.55. The van der Waals surface area contributed by atoms with Gasteiger partial charge in [-0.3, -0.25) is 4.98 Å². The van der Waals surface area contributed by atoms with E-state index in [0.29, 0.717) is 0 Å². The monoisotopic (exact) mass is 247 g/mol. The van der Waals surface area contributed by atoms with Crippen molar-refractivity contribution in [3.05, 3.63) is 36.2 Å². The van der Waals surface area contributed by atoms with Gasteiger partial charge in [0.1, 0.15) is 8.07 Å².